The molecule has 3 aromatic carbocycles. The van der Waals surface area contributed by atoms with E-state index in [4.69, 9.17) is 21.8 Å². The zero-order valence-electron chi connectivity index (χ0n) is 16.5. The summed E-state index contributed by atoms with van der Waals surface area (Å²) in [5.74, 6) is 0. The van der Waals surface area contributed by atoms with E-state index in [2.05, 4.69) is 60.8 Å². The summed E-state index contributed by atoms with van der Waals surface area (Å²) >= 11 is 6.47. The van der Waals surface area contributed by atoms with Gasteiger partial charge in [-0.25, -0.2) is 0 Å². The molecule has 0 heterocycles. The van der Waals surface area contributed by atoms with Crippen molar-refractivity contribution in [1.82, 2.24) is 5.32 Å². The zero-order chi connectivity index (χ0) is 20.6. The Morgan fingerprint density at radius 2 is 1.62 bits per heavy atom. The molecule has 0 aliphatic carbocycles. The highest BCUT2D eigenvalue weighted by Gasteiger charge is 2.07. The molecule has 0 aliphatic rings. The lowest BCUT2D eigenvalue weighted by Gasteiger charge is -2.13. The third-order valence-corrected chi connectivity index (χ3v) is 5.33. The molecule has 0 aliphatic heterocycles. The Morgan fingerprint density at radius 1 is 0.897 bits per heavy atom. The van der Waals surface area contributed by atoms with Gasteiger partial charge in [-0.3, -0.25) is 0 Å². The number of hydrogen-bond donors (Lipinski definition) is 3. The molecular formula is C25H26ClNO2. The highest BCUT2D eigenvalue weighted by atomic mass is 35.5. The number of aliphatic hydroxyl groups excluding tert-OH is 2. The van der Waals surface area contributed by atoms with E-state index in [0.717, 1.165) is 16.7 Å². The third-order valence-electron chi connectivity index (χ3n) is 5.00. The molecule has 3 nitrogen and oxygen atoms in total. The van der Waals surface area contributed by atoms with Crippen LogP contribution in [-0.2, 0) is 6.54 Å². The Labute approximate surface area is 177 Å². The van der Waals surface area contributed by atoms with Crippen molar-refractivity contribution >= 4 is 23.8 Å². The van der Waals surface area contributed by atoms with E-state index < -0.39 is 0 Å². The average molecular weight is 408 g/mol. The lowest BCUT2D eigenvalue weighted by atomic mass is 9.96. The van der Waals surface area contributed by atoms with Crippen LogP contribution in [0.25, 0.3) is 23.3 Å². The van der Waals surface area contributed by atoms with Crippen LogP contribution in [-0.4, -0.2) is 29.5 Å². The first-order chi connectivity index (χ1) is 14.1. The molecule has 29 heavy (non-hydrogen) atoms. The predicted molar refractivity (Wildman–Crippen MR) is 122 cm³/mol. The van der Waals surface area contributed by atoms with Gasteiger partial charge >= 0.3 is 0 Å². The van der Waals surface area contributed by atoms with Crippen LogP contribution in [0.4, 0.5) is 0 Å². The minimum atomic E-state index is -0.326. The Kier molecular flexibility index (Phi) is 7.62. The minimum Gasteiger partial charge on any atom is -0.395 e. The normalized spacial score (nSPS) is 11.5. The summed E-state index contributed by atoms with van der Waals surface area (Å²) in [5, 5.41) is 22.0. The summed E-state index contributed by atoms with van der Waals surface area (Å²) in [5.41, 5.74) is 6.76. The molecule has 0 saturated heterocycles. The molecule has 0 spiro atoms. The van der Waals surface area contributed by atoms with E-state index in [0.29, 0.717) is 11.6 Å². The van der Waals surface area contributed by atoms with Gasteiger partial charge in [0.15, 0.2) is 0 Å². The van der Waals surface area contributed by atoms with Gasteiger partial charge in [-0.15, -0.1) is 0 Å². The quantitative estimate of drug-likeness (QED) is 0.464. The fourth-order valence-corrected chi connectivity index (χ4v) is 3.47. The van der Waals surface area contributed by atoms with Crippen molar-refractivity contribution in [3.8, 4) is 11.1 Å². The van der Waals surface area contributed by atoms with Crippen LogP contribution in [0.1, 0.15) is 22.3 Å². The third kappa shape index (κ3) is 5.55. The van der Waals surface area contributed by atoms with Gasteiger partial charge in [0.25, 0.3) is 0 Å². The Morgan fingerprint density at radius 3 is 2.31 bits per heavy atom. The number of hydrogen-bond acceptors (Lipinski definition) is 3. The van der Waals surface area contributed by atoms with Crippen molar-refractivity contribution in [3.05, 3.63) is 94.0 Å². The van der Waals surface area contributed by atoms with Crippen LogP contribution in [0.2, 0.25) is 5.02 Å². The van der Waals surface area contributed by atoms with Gasteiger partial charge in [-0.05, 0) is 46.4 Å². The van der Waals surface area contributed by atoms with Gasteiger partial charge in [0.05, 0.1) is 19.3 Å². The minimum absolute atomic E-state index is 0.105. The molecule has 0 amide bonds. The maximum absolute atomic E-state index is 9.14. The second-order valence-corrected chi connectivity index (χ2v) is 7.43. The molecule has 0 fully saturated rings. The van der Waals surface area contributed by atoms with E-state index in [1.54, 1.807) is 0 Å². The Balaban J connectivity index is 1.76. The smallest absolute Gasteiger partial charge is 0.0607 e. The highest BCUT2D eigenvalue weighted by Crippen LogP contribution is 2.27. The second-order valence-electron chi connectivity index (χ2n) is 7.02. The number of aliphatic hydroxyl groups is 2. The summed E-state index contributed by atoms with van der Waals surface area (Å²) < 4.78 is 0. The van der Waals surface area contributed by atoms with E-state index in [9.17, 15) is 0 Å². The molecule has 0 unspecified atom stereocenters. The number of rotatable bonds is 8. The van der Waals surface area contributed by atoms with E-state index in [-0.39, 0.29) is 19.3 Å². The molecule has 3 rings (SSSR count). The number of nitrogens with one attached hydrogen (secondary N) is 1. The van der Waals surface area contributed by atoms with Gasteiger partial charge in [0.1, 0.15) is 0 Å². The van der Waals surface area contributed by atoms with Crippen molar-refractivity contribution in [2.75, 3.05) is 13.2 Å². The van der Waals surface area contributed by atoms with E-state index >= 15 is 0 Å². The van der Waals surface area contributed by atoms with Crippen LogP contribution in [0.15, 0.2) is 66.7 Å². The summed E-state index contributed by atoms with van der Waals surface area (Å²) in [4.78, 5) is 0. The van der Waals surface area contributed by atoms with Gasteiger partial charge in [-0.1, -0.05) is 84.4 Å². The van der Waals surface area contributed by atoms with Gasteiger partial charge in [-0.2, -0.15) is 0 Å². The van der Waals surface area contributed by atoms with Crippen LogP contribution >= 0.6 is 11.6 Å². The number of benzene rings is 3. The van der Waals surface area contributed by atoms with Gasteiger partial charge in [0, 0.05) is 11.6 Å². The fraction of sp³-hybridized carbons (Fsp3) is 0.200. The lowest BCUT2D eigenvalue weighted by Crippen LogP contribution is -2.35. The second kappa shape index (κ2) is 10.4. The molecular weight excluding hydrogens is 382 g/mol. The molecule has 0 atom stereocenters. The Hall–Kier alpha value is -2.43. The monoisotopic (exact) mass is 407 g/mol. The van der Waals surface area contributed by atoms with Crippen LogP contribution in [0.3, 0.4) is 0 Å². The largest absolute Gasteiger partial charge is 0.395 e. The molecule has 3 N–H and O–H groups in total. The van der Waals surface area contributed by atoms with Gasteiger partial charge in [0.2, 0.25) is 0 Å². The predicted octanol–water partition coefficient (Wildman–Crippen LogP) is 4.93. The maximum atomic E-state index is 9.14. The fourth-order valence-electron chi connectivity index (χ4n) is 3.21. The van der Waals surface area contributed by atoms with Gasteiger partial charge < -0.3 is 15.5 Å². The lowest BCUT2D eigenvalue weighted by molar-refractivity contribution is 0.170. The standard InChI is InChI=1S/C25H26ClNO2/c1-18-20(8-5-9-24(18)21-6-3-2-4-7-21)12-13-22-11-10-19(14-25(22)26)15-27-23(16-28)17-29/h2-14,23,27-29H,15-17H2,1H3. The van der Waals surface area contributed by atoms with Crippen LogP contribution in [0.5, 0.6) is 0 Å². The molecule has 0 bridgehead atoms. The SMILES string of the molecule is Cc1c(C=Cc2ccc(CNC(CO)CO)cc2Cl)cccc1-c1ccccc1. The van der Waals surface area contributed by atoms with Crippen LogP contribution < -0.4 is 5.32 Å². The molecule has 150 valence electrons. The molecule has 0 saturated carbocycles. The van der Waals surface area contributed by atoms with Crippen molar-refractivity contribution in [2.45, 2.75) is 19.5 Å². The number of halogens is 1. The maximum Gasteiger partial charge on any atom is 0.0607 e. The van der Waals surface area contributed by atoms with Crippen molar-refractivity contribution < 1.29 is 10.2 Å². The van der Waals surface area contributed by atoms with E-state index in [1.807, 2.05) is 30.3 Å². The Bertz CT molecular complexity index is 966. The van der Waals surface area contributed by atoms with Crippen molar-refractivity contribution in [1.29, 1.82) is 0 Å². The summed E-state index contributed by atoms with van der Waals surface area (Å²) in [6, 6.07) is 22.3. The van der Waals surface area contributed by atoms with Crippen molar-refractivity contribution in [3.63, 3.8) is 0 Å². The summed E-state index contributed by atoms with van der Waals surface area (Å²) in [7, 11) is 0. The van der Waals surface area contributed by atoms with Crippen LogP contribution in [0, 0.1) is 6.92 Å². The zero-order valence-corrected chi connectivity index (χ0v) is 17.2. The van der Waals surface area contributed by atoms with Crippen molar-refractivity contribution in [2.24, 2.45) is 0 Å². The first kappa shape index (κ1) is 21.3. The highest BCUT2D eigenvalue weighted by molar-refractivity contribution is 6.32. The summed E-state index contributed by atoms with van der Waals surface area (Å²) in [6.45, 7) is 2.46. The first-order valence-corrected chi connectivity index (χ1v) is 10.1. The average Bonchev–Trinajstić information content (AvgIpc) is 2.75. The first-order valence-electron chi connectivity index (χ1n) is 9.69. The van der Waals surface area contributed by atoms with E-state index in [1.165, 1.54) is 16.7 Å². The molecule has 3 aromatic rings. The molecule has 0 aromatic heterocycles. The molecule has 0 radical (unpaired) electrons. The topological polar surface area (TPSA) is 52.5 Å². The molecule has 4 heteroatoms. The summed E-state index contributed by atoms with van der Waals surface area (Å²) in [6.07, 6.45) is 4.12.